The number of carbonyl (C=O) groups is 1. The average Bonchev–Trinajstić information content (AvgIpc) is 2.62. The Kier molecular flexibility index (Phi) is 7.90. The molecule has 1 aliphatic rings. The lowest BCUT2D eigenvalue weighted by Gasteiger charge is -2.32. The van der Waals surface area contributed by atoms with Crippen LogP contribution in [0.1, 0.15) is 44.6 Å². The molecule has 0 aliphatic carbocycles. The Morgan fingerprint density at radius 1 is 1.27 bits per heavy atom. The Labute approximate surface area is 157 Å². The van der Waals surface area contributed by atoms with Crippen molar-refractivity contribution in [1.29, 1.82) is 0 Å². The van der Waals surface area contributed by atoms with Crippen LogP contribution >= 0.6 is 0 Å². The molecular weight excluding hydrogens is 352 g/mol. The van der Waals surface area contributed by atoms with Crippen LogP contribution < -0.4 is 10.1 Å². The number of piperidine rings is 1. The predicted molar refractivity (Wildman–Crippen MR) is 103 cm³/mol. The summed E-state index contributed by atoms with van der Waals surface area (Å²) in [5.74, 6) is 0.659. The molecule has 1 heterocycles. The lowest BCUT2D eigenvalue weighted by Crippen LogP contribution is -2.51. The molecule has 1 aromatic carbocycles. The summed E-state index contributed by atoms with van der Waals surface area (Å²) < 4.78 is 30.7. The van der Waals surface area contributed by atoms with Gasteiger partial charge >= 0.3 is 0 Å². The van der Waals surface area contributed by atoms with E-state index in [2.05, 4.69) is 12.2 Å². The third kappa shape index (κ3) is 6.29. The highest BCUT2D eigenvalue weighted by Crippen LogP contribution is 2.20. The summed E-state index contributed by atoms with van der Waals surface area (Å²) in [4.78, 5) is 12.4. The molecule has 7 heteroatoms. The summed E-state index contributed by atoms with van der Waals surface area (Å²) in [5, 5.41) is 2.88. The van der Waals surface area contributed by atoms with Gasteiger partial charge in [-0.2, -0.15) is 4.31 Å². The van der Waals surface area contributed by atoms with Gasteiger partial charge in [-0.15, -0.1) is 0 Å². The van der Waals surface area contributed by atoms with Crippen LogP contribution in [-0.4, -0.2) is 50.6 Å². The summed E-state index contributed by atoms with van der Waals surface area (Å²) >= 11 is 0. The first kappa shape index (κ1) is 20.7. The zero-order chi connectivity index (χ0) is 19.0. The maximum absolute atomic E-state index is 12.4. The molecule has 2 rings (SSSR count). The number of benzene rings is 1. The van der Waals surface area contributed by atoms with Crippen LogP contribution in [0.2, 0.25) is 0 Å². The molecular formula is C19H30N2O4S. The van der Waals surface area contributed by atoms with Crippen LogP contribution in [0.15, 0.2) is 24.3 Å². The standard InChI is InChI=1S/C19H30N2O4S/c1-3-4-15-25-17-10-8-16(9-11-17)12-13-20-19(22)18-7-5-6-14-21(18)26(2,23)24/h8-11,18H,3-7,12-15H2,1-2H3,(H,20,22). The summed E-state index contributed by atoms with van der Waals surface area (Å²) in [5.41, 5.74) is 1.11. The minimum absolute atomic E-state index is 0.199. The van der Waals surface area contributed by atoms with Gasteiger partial charge < -0.3 is 10.1 Å². The van der Waals surface area contributed by atoms with E-state index < -0.39 is 16.1 Å². The molecule has 1 unspecified atom stereocenters. The van der Waals surface area contributed by atoms with E-state index in [-0.39, 0.29) is 5.91 Å². The smallest absolute Gasteiger partial charge is 0.238 e. The second kappa shape index (κ2) is 9.92. The summed E-state index contributed by atoms with van der Waals surface area (Å²) in [6.45, 7) is 3.77. The lowest BCUT2D eigenvalue weighted by molar-refractivity contribution is -0.125. The molecule has 1 atom stereocenters. The highest BCUT2D eigenvalue weighted by Gasteiger charge is 2.34. The largest absolute Gasteiger partial charge is 0.494 e. The molecule has 26 heavy (non-hydrogen) atoms. The Morgan fingerprint density at radius 3 is 2.65 bits per heavy atom. The van der Waals surface area contributed by atoms with Gasteiger partial charge in [0.1, 0.15) is 11.8 Å². The van der Waals surface area contributed by atoms with Crippen molar-refractivity contribution in [3.8, 4) is 5.75 Å². The minimum atomic E-state index is -3.35. The average molecular weight is 383 g/mol. The highest BCUT2D eigenvalue weighted by atomic mass is 32.2. The summed E-state index contributed by atoms with van der Waals surface area (Å²) in [7, 11) is -3.35. The van der Waals surface area contributed by atoms with Gasteiger partial charge in [0.15, 0.2) is 0 Å². The number of sulfonamides is 1. The molecule has 0 saturated carbocycles. The number of carbonyl (C=O) groups excluding carboxylic acids is 1. The topological polar surface area (TPSA) is 75.7 Å². The SMILES string of the molecule is CCCCOc1ccc(CCNC(=O)C2CCCCN2S(C)(=O)=O)cc1. The molecule has 0 aromatic heterocycles. The number of nitrogens with one attached hydrogen (secondary N) is 1. The van der Waals surface area contributed by atoms with E-state index in [9.17, 15) is 13.2 Å². The Balaban J connectivity index is 1.80. The van der Waals surface area contributed by atoms with Crippen LogP contribution in [0.25, 0.3) is 0 Å². The lowest BCUT2D eigenvalue weighted by atomic mass is 10.0. The van der Waals surface area contributed by atoms with Crippen molar-refractivity contribution in [3.63, 3.8) is 0 Å². The van der Waals surface area contributed by atoms with Gasteiger partial charge in [0.25, 0.3) is 0 Å². The van der Waals surface area contributed by atoms with Crippen molar-refractivity contribution in [1.82, 2.24) is 9.62 Å². The quantitative estimate of drug-likeness (QED) is 0.665. The van der Waals surface area contributed by atoms with Gasteiger partial charge in [-0.1, -0.05) is 31.9 Å². The molecule has 1 saturated heterocycles. The Bertz CT molecular complexity index is 673. The number of hydrogen-bond acceptors (Lipinski definition) is 4. The maximum Gasteiger partial charge on any atom is 0.238 e. The van der Waals surface area contributed by atoms with Crippen molar-refractivity contribution < 1.29 is 17.9 Å². The fourth-order valence-corrected chi connectivity index (χ4v) is 4.22. The van der Waals surface area contributed by atoms with Crippen molar-refractivity contribution in [2.24, 2.45) is 0 Å². The fraction of sp³-hybridized carbons (Fsp3) is 0.632. The molecule has 1 N–H and O–H groups in total. The minimum Gasteiger partial charge on any atom is -0.494 e. The van der Waals surface area contributed by atoms with Gasteiger partial charge in [0, 0.05) is 13.1 Å². The van der Waals surface area contributed by atoms with Crippen LogP contribution in [-0.2, 0) is 21.2 Å². The van der Waals surface area contributed by atoms with Crippen molar-refractivity contribution in [3.05, 3.63) is 29.8 Å². The molecule has 0 radical (unpaired) electrons. The number of amides is 1. The van der Waals surface area contributed by atoms with Crippen molar-refractivity contribution >= 4 is 15.9 Å². The zero-order valence-electron chi connectivity index (χ0n) is 15.7. The molecule has 1 amide bonds. The first-order chi connectivity index (χ1) is 12.4. The maximum atomic E-state index is 12.4. The zero-order valence-corrected chi connectivity index (χ0v) is 16.6. The third-order valence-corrected chi connectivity index (χ3v) is 5.87. The Morgan fingerprint density at radius 2 is 2.00 bits per heavy atom. The van der Waals surface area contributed by atoms with Crippen molar-refractivity contribution in [2.75, 3.05) is 26.0 Å². The van der Waals surface area contributed by atoms with E-state index in [0.717, 1.165) is 43.6 Å². The normalized spacial score (nSPS) is 18.5. The monoisotopic (exact) mass is 382 g/mol. The van der Waals surface area contributed by atoms with E-state index in [1.54, 1.807) is 0 Å². The molecule has 0 spiro atoms. The molecule has 1 fully saturated rings. The van der Waals surface area contributed by atoms with Gasteiger partial charge in [0.05, 0.1) is 12.9 Å². The number of unbranched alkanes of at least 4 members (excludes halogenated alkanes) is 1. The van der Waals surface area contributed by atoms with E-state index in [0.29, 0.717) is 25.9 Å². The van der Waals surface area contributed by atoms with Crippen LogP contribution in [0, 0.1) is 0 Å². The first-order valence-electron chi connectivity index (χ1n) is 9.38. The van der Waals surface area contributed by atoms with Crippen LogP contribution in [0.5, 0.6) is 5.75 Å². The van der Waals surface area contributed by atoms with Gasteiger partial charge in [-0.3, -0.25) is 4.79 Å². The van der Waals surface area contributed by atoms with E-state index in [4.69, 9.17) is 4.74 Å². The number of nitrogens with zero attached hydrogens (tertiary/aromatic N) is 1. The van der Waals surface area contributed by atoms with Crippen LogP contribution in [0.3, 0.4) is 0 Å². The van der Waals surface area contributed by atoms with E-state index >= 15 is 0 Å². The molecule has 6 nitrogen and oxygen atoms in total. The van der Waals surface area contributed by atoms with Gasteiger partial charge in [-0.05, 0) is 43.4 Å². The van der Waals surface area contributed by atoms with E-state index in [1.807, 2.05) is 24.3 Å². The second-order valence-electron chi connectivity index (χ2n) is 6.77. The van der Waals surface area contributed by atoms with Crippen molar-refractivity contribution in [2.45, 2.75) is 51.5 Å². The van der Waals surface area contributed by atoms with Gasteiger partial charge in [-0.25, -0.2) is 8.42 Å². The number of hydrogen-bond donors (Lipinski definition) is 1. The molecule has 146 valence electrons. The molecule has 1 aromatic rings. The van der Waals surface area contributed by atoms with Crippen LogP contribution in [0.4, 0.5) is 0 Å². The van der Waals surface area contributed by atoms with E-state index in [1.165, 1.54) is 10.6 Å². The summed E-state index contributed by atoms with van der Waals surface area (Å²) in [6.07, 6.45) is 6.29. The molecule has 0 bridgehead atoms. The highest BCUT2D eigenvalue weighted by molar-refractivity contribution is 7.88. The number of ether oxygens (including phenoxy) is 1. The molecule has 1 aliphatic heterocycles. The second-order valence-corrected chi connectivity index (χ2v) is 8.71. The third-order valence-electron chi connectivity index (χ3n) is 4.59. The number of rotatable bonds is 9. The predicted octanol–water partition coefficient (Wildman–Crippen LogP) is 2.34. The fourth-order valence-electron chi connectivity index (χ4n) is 3.10. The first-order valence-corrected chi connectivity index (χ1v) is 11.2. The summed E-state index contributed by atoms with van der Waals surface area (Å²) in [6, 6.07) is 7.31. The Hall–Kier alpha value is -1.60. The van der Waals surface area contributed by atoms with Gasteiger partial charge in [0.2, 0.25) is 15.9 Å².